The second-order valence-corrected chi connectivity index (χ2v) is 18.4. The summed E-state index contributed by atoms with van der Waals surface area (Å²) >= 11 is 0. The van der Waals surface area contributed by atoms with Gasteiger partial charge in [-0.05, 0) is 86.3 Å². The van der Waals surface area contributed by atoms with Crippen molar-refractivity contribution < 1.29 is 9.59 Å². The number of carbonyl (C=O) groups is 2. The zero-order valence-electron chi connectivity index (χ0n) is 41.5. The van der Waals surface area contributed by atoms with Crippen LogP contribution in [0.2, 0.25) is 0 Å². The van der Waals surface area contributed by atoms with Gasteiger partial charge in [0.15, 0.2) is 0 Å². The number of hydrogen-bond acceptors (Lipinski definition) is 8. The van der Waals surface area contributed by atoms with Gasteiger partial charge in [0.2, 0.25) is 0 Å². The van der Waals surface area contributed by atoms with E-state index in [2.05, 4.69) is 70.2 Å². The Kier molecular flexibility index (Phi) is 25.7. The summed E-state index contributed by atoms with van der Waals surface area (Å²) in [6.07, 6.45) is 33.3. The largest absolute Gasteiger partial charge is 0.397 e. The highest BCUT2D eigenvalue weighted by Crippen LogP contribution is 2.29. The molecule has 4 aromatic rings. The number of nitrogens with one attached hydrogen (secondary N) is 2. The molecular formula is C56H86N8O2. The molecule has 0 aliphatic carbocycles. The van der Waals surface area contributed by atoms with Gasteiger partial charge >= 0.3 is 0 Å². The quantitative estimate of drug-likeness (QED) is 0.0264. The van der Waals surface area contributed by atoms with Crippen molar-refractivity contribution in [3.63, 3.8) is 0 Å². The molecule has 6 N–H and O–H groups in total. The van der Waals surface area contributed by atoms with Gasteiger partial charge in [0.05, 0.1) is 45.3 Å². The van der Waals surface area contributed by atoms with Crippen molar-refractivity contribution in [1.29, 1.82) is 0 Å². The van der Waals surface area contributed by atoms with E-state index < -0.39 is 0 Å². The van der Waals surface area contributed by atoms with Crippen molar-refractivity contribution in [3.8, 4) is 11.4 Å². The summed E-state index contributed by atoms with van der Waals surface area (Å²) in [5.74, 6) is -0.583. The third kappa shape index (κ3) is 19.4. The van der Waals surface area contributed by atoms with Crippen LogP contribution in [-0.4, -0.2) is 48.0 Å². The first-order valence-electron chi connectivity index (χ1n) is 26.1. The van der Waals surface area contributed by atoms with E-state index in [9.17, 15) is 9.59 Å². The summed E-state index contributed by atoms with van der Waals surface area (Å²) in [6.45, 7) is 13.1. The molecule has 0 saturated heterocycles. The minimum Gasteiger partial charge on any atom is -0.397 e. The molecular weight excluding hydrogens is 817 g/mol. The molecule has 0 saturated carbocycles. The van der Waals surface area contributed by atoms with Gasteiger partial charge in [0.1, 0.15) is 0 Å². The Bertz CT molecular complexity index is 1780. The average molecular weight is 903 g/mol. The summed E-state index contributed by atoms with van der Waals surface area (Å²) in [5, 5.41) is 5.97. The fourth-order valence-electron chi connectivity index (χ4n) is 8.54. The molecule has 2 aromatic heterocycles. The van der Waals surface area contributed by atoms with Crippen molar-refractivity contribution in [2.75, 3.05) is 58.1 Å². The van der Waals surface area contributed by atoms with Gasteiger partial charge in [0.25, 0.3) is 11.8 Å². The molecule has 2 aromatic carbocycles. The second kappa shape index (κ2) is 31.7. The average Bonchev–Trinajstić information content (AvgIpc) is 3.33. The van der Waals surface area contributed by atoms with Crippen LogP contribution >= 0.6 is 0 Å². The molecule has 10 nitrogen and oxygen atoms in total. The van der Waals surface area contributed by atoms with Gasteiger partial charge in [0, 0.05) is 49.9 Å². The minimum absolute atomic E-state index is 0.292. The van der Waals surface area contributed by atoms with Gasteiger partial charge in [-0.2, -0.15) is 0 Å². The predicted molar refractivity (Wildman–Crippen MR) is 283 cm³/mol. The predicted octanol–water partition coefficient (Wildman–Crippen LogP) is 14.9. The Labute approximate surface area is 399 Å². The van der Waals surface area contributed by atoms with Crippen LogP contribution in [0.15, 0.2) is 73.1 Å². The van der Waals surface area contributed by atoms with E-state index in [1.54, 1.807) is 24.3 Å². The number of benzene rings is 2. The van der Waals surface area contributed by atoms with E-state index in [0.717, 1.165) is 37.6 Å². The van der Waals surface area contributed by atoms with E-state index in [1.165, 1.54) is 166 Å². The highest BCUT2D eigenvalue weighted by Gasteiger charge is 2.16. The van der Waals surface area contributed by atoms with Crippen LogP contribution in [-0.2, 0) is 0 Å². The Morgan fingerprint density at radius 3 is 1.00 bits per heavy atom. The number of anilines is 6. The van der Waals surface area contributed by atoms with Crippen molar-refractivity contribution in [3.05, 3.63) is 84.2 Å². The van der Waals surface area contributed by atoms with Crippen LogP contribution in [0.1, 0.15) is 203 Å². The number of nitrogens with zero attached hydrogens (tertiary/aromatic N) is 4. The van der Waals surface area contributed by atoms with E-state index >= 15 is 0 Å². The second-order valence-electron chi connectivity index (χ2n) is 18.4. The maximum Gasteiger partial charge on any atom is 0.257 e. The van der Waals surface area contributed by atoms with Gasteiger partial charge in [-0.25, -0.2) is 0 Å². The van der Waals surface area contributed by atoms with Crippen LogP contribution in [0.4, 0.5) is 34.1 Å². The Morgan fingerprint density at radius 1 is 0.424 bits per heavy atom. The van der Waals surface area contributed by atoms with E-state index in [-0.39, 0.29) is 11.8 Å². The van der Waals surface area contributed by atoms with Gasteiger partial charge < -0.3 is 31.9 Å². The zero-order valence-corrected chi connectivity index (χ0v) is 41.5. The van der Waals surface area contributed by atoms with Crippen LogP contribution in [0.25, 0.3) is 11.4 Å². The van der Waals surface area contributed by atoms with E-state index in [1.807, 2.05) is 24.3 Å². The van der Waals surface area contributed by atoms with E-state index in [4.69, 9.17) is 11.5 Å². The van der Waals surface area contributed by atoms with E-state index in [0.29, 0.717) is 45.3 Å². The third-order valence-electron chi connectivity index (χ3n) is 12.7. The fraction of sp³-hybridized carbons (Fsp3) is 0.571. The number of nitrogen functional groups attached to an aromatic ring is 2. The lowest BCUT2D eigenvalue weighted by molar-refractivity contribution is 0.101. The maximum absolute atomic E-state index is 13.4. The summed E-state index contributed by atoms with van der Waals surface area (Å²) < 4.78 is 0. The molecule has 0 atom stereocenters. The fourth-order valence-corrected chi connectivity index (χ4v) is 8.54. The first-order chi connectivity index (χ1) is 32.3. The monoisotopic (exact) mass is 903 g/mol. The highest BCUT2D eigenvalue weighted by atomic mass is 16.2. The van der Waals surface area contributed by atoms with Gasteiger partial charge in [-0.1, -0.05) is 156 Å². The lowest BCUT2D eigenvalue weighted by Crippen LogP contribution is -2.26. The lowest BCUT2D eigenvalue weighted by Gasteiger charge is -2.26. The van der Waals surface area contributed by atoms with Crippen LogP contribution in [0.3, 0.4) is 0 Å². The van der Waals surface area contributed by atoms with Gasteiger partial charge in [-0.15, -0.1) is 0 Å². The Hall–Kier alpha value is -5.12. The number of unbranched alkanes of at least 4 members (excludes halogenated alkanes) is 20. The SMILES string of the molecule is CCCCCCCCN(CCCCCCCC)c1ccc(NC(=O)c2ccc(-c3ccc(C(=O)Nc4ccc(N(CCCCCCCC)CCCCCCCC)cc4N)cn3)nc2)c(N)c1. The number of amides is 2. The molecule has 0 unspecified atom stereocenters. The topological polar surface area (TPSA) is 142 Å². The molecule has 0 bridgehead atoms. The van der Waals surface area contributed by atoms with Crippen molar-refractivity contribution in [1.82, 2.24) is 9.97 Å². The normalized spacial score (nSPS) is 11.2. The summed E-state index contributed by atoms with van der Waals surface area (Å²) in [6, 6.07) is 18.9. The number of carbonyl (C=O) groups excluding carboxylic acids is 2. The maximum atomic E-state index is 13.4. The summed E-state index contributed by atoms with van der Waals surface area (Å²) in [5.41, 5.74) is 19.6. The summed E-state index contributed by atoms with van der Waals surface area (Å²) in [4.78, 5) is 40.7. The Morgan fingerprint density at radius 2 is 0.727 bits per heavy atom. The standard InChI is InChI=1S/C56H86N8O2/c1-5-9-13-17-21-25-37-63(38-26-22-18-14-10-6-2)47-31-35-51(49(57)41-47)61-55(65)45-29-33-53(59-43-45)54-34-30-46(44-60-54)56(66)62-52-36-32-48(42-50(52)58)64(39-27-23-19-15-11-7-3)40-28-24-20-16-12-8-4/h29-36,41-44H,5-28,37-40,57-58H2,1-4H3,(H,61,65)(H,62,66). The van der Waals surface area contributed by atoms with Crippen LogP contribution in [0.5, 0.6) is 0 Å². The number of hydrogen-bond donors (Lipinski definition) is 4. The Balaban J connectivity index is 1.32. The molecule has 0 fully saturated rings. The van der Waals surface area contributed by atoms with Crippen LogP contribution in [0, 0.1) is 0 Å². The smallest absolute Gasteiger partial charge is 0.257 e. The lowest BCUT2D eigenvalue weighted by atomic mass is 10.1. The molecule has 10 heteroatoms. The minimum atomic E-state index is -0.292. The molecule has 2 amide bonds. The summed E-state index contributed by atoms with van der Waals surface area (Å²) in [7, 11) is 0. The zero-order chi connectivity index (χ0) is 47.2. The number of nitrogens with two attached hydrogens (primary N) is 2. The molecule has 66 heavy (non-hydrogen) atoms. The molecule has 0 aliphatic heterocycles. The van der Waals surface area contributed by atoms with Crippen LogP contribution < -0.4 is 31.9 Å². The first-order valence-corrected chi connectivity index (χ1v) is 26.1. The third-order valence-corrected chi connectivity index (χ3v) is 12.7. The van der Waals surface area contributed by atoms with Crippen molar-refractivity contribution in [2.45, 2.75) is 182 Å². The molecule has 0 aliphatic rings. The first kappa shape index (κ1) is 53.5. The molecule has 4 rings (SSSR count). The van der Waals surface area contributed by atoms with Crippen molar-refractivity contribution in [2.24, 2.45) is 0 Å². The number of aromatic nitrogens is 2. The van der Waals surface area contributed by atoms with Gasteiger partial charge in [-0.3, -0.25) is 19.6 Å². The molecule has 0 radical (unpaired) electrons. The highest BCUT2D eigenvalue weighted by molar-refractivity contribution is 6.06. The molecule has 0 spiro atoms. The molecule has 2 heterocycles. The number of rotatable bonds is 35. The molecule has 362 valence electrons. The van der Waals surface area contributed by atoms with Crippen molar-refractivity contribution >= 4 is 45.9 Å². The number of pyridine rings is 2.